The molecule has 35 heavy (non-hydrogen) atoms. The van der Waals surface area contributed by atoms with Crippen LogP contribution >= 0.6 is 0 Å². The molecule has 0 aliphatic carbocycles. The molecule has 2 heterocycles. The Labute approximate surface area is 202 Å². The number of amides is 2. The van der Waals surface area contributed by atoms with Gasteiger partial charge in [-0.25, -0.2) is 19.2 Å². The van der Waals surface area contributed by atoms with E-state index in [1.165, 1.54) is 6.07 Å². The monoisotopic (exact) mass is 479 g/mol. The van der Waals surface area contributed by atoms with Crippen LogP contribution in [0, 0.1) is 12.7 Å². The minimum absolute atomic E-state index is 0.250. The Bertz CT molecular complexity index is 1190. The third kappa shape index (κ3) is 6.69. The van der Waals surface area contributed by atoms with Crippen molar-refractivity contribution < 1.29 is 23.5 Å². The Kier molecular flexibility index (Phi) is 9.00. The third-order valence-corrected chi connectivity index (χ3v) is 5.37. The topological polar surface area (TPSA) is 114 Å². The molecular weight excluding hydrogens is 453 g/mol. The average molecular weight is 480 g/mol. The molecule has 10 heteroatoms. The smallest absolute Gasteiger partial charge is 0.373 e. The number of aromatic nitrogens is 2. The van der Waals surface area contributed by atoms with Crippen molar-refractivity contribution in [1.29, 1.82) is 0 Å². The molecule has 1 aromatic heterocycles. The van der Waals surface area contributed by atoms with Gasteiger partial charge in [0.05, 0.1) is 18.8 Å². The lowest BCUT2D eigenvalue weighted by atomic mass is 10.1. The van der Waals surface area contributed by atoms with E-state index in [0.29, 0.717) is 36.0 Å². The zero-order valence-corrected chi connectivity index (χ0v) is 19.5. The van der Waals surface area contributed by atoms with Gasteiger partial charge in [-0.3, -0.25) is 0 Å². The number of nitrogens with zero attached hydrogens (tertiary/aromatic N) is 3. The first-order chi connectivity index (χ1) is 17.0. The molecule has 1 fully saturated rings. The number of benzene rings is 2. The number of carbonyl (C=O) groups is 1. The summed E-state index contributed by atoms with van der Waals surface area (Å²) in [7, 11) is 0. The number of morpholine rings is 1. The summed E-state index contributed by atoms with van der Waals surface area (Å²) in [5.41, 5.74) is 3.19. The first-order valence-electron chi connectivity index (χ1n) is 11.1. The fourth-order valence-corrected chi connectivity index (χ4v) is 3.69. The van der Waals surface area contributed by atoms with Crippen LogP contribution in [0.1, 0.15) is 18.2 Å². The summed E-state index contributed by atoms with van der Waals surface area (Å²) in [6.45, 7) is 6.78. The second-order valence-corrected chi connectivity index (χ2v) is 7.62. The molecule has 4 rings (SSSR count). The van der Waals surface area contributed by atoms with Crippen molar-refractivity contribution >= 4 is 29.4 Å². The maximum absolute atomic E-state index is 15.0. The van der Waals surface area contributed by atoms with Crippen LogP contribution in [0.3, 0.4) is 0 Å². The van der Waals surface area contributed by atoms with E-state index in [4.69, 9.17) is 19.3 Å². The van der Waals surface area contributed by atoms with Crippen molar-refractivity contribution in [3.05, 3.63) is 65.6 Å². The van der Waals surface area contributed by atoms with Crippen LogP contribution in [-0.4, -0.2) is 48.5 Å². The molecule has 9 nitrogen and oxygen atoms in total. The highest BCUT2D eigenvalue weighted by Gasteiger charge is 2.20. The number of urea groups is 1. The lowest BCUT2D eigenvalue weighted by Gasteiger charge is -2.29. The quantitative estimate of drug-likeness (QED) is 0.568. The minimum Gasteiger partial charge on any atom is -0.378 e. The van der Waals surface area contributed by atoms with E-state index < -0.39 is 11.8 Å². The van der Waals surface area contributed by atoms with Crippen LogP contribution in [-0.2, 0) is 20.7 Å². The van der Waals surface area contributed by atoms with E-state index in [2.05, 4.69) is 20.5 Å². The number of hydrogen-bond donors (Lipinski definition) is 2. The molecule has 0 bridgehead atoms. The fraction of sp³-hybridized carbons (Fsp3) is 0.280. The maximum Gasteiger partial charge on any atom is 0.373 e. The number of carbonyl (C=O) groups excluding carboxylic acids is 3. The lowest BCUT2D eigenvalue weighted by Crippen LogP contribution is -2.37. The molecular formula is C25H26FN5O4. The normalized spacial score (nSPS) is 12.7. The summed E-state index contributed by atoms with van der Waals surface area (Å²) in [5, 5.41) is 5.36. The van der Waals surface area contributed by atoms with E-state index in [0.717, 1.165) is 36.6 Å². The molecule has 2 amide bonds. The second kappa shape index (κ2) is 12.4. The van der Waals surface area contributed by atoms with Gasteiger partial charge in [-0.1, -0.05) is 25.1 Å². The first-order valence-corrected chi connectivity index (χ1v) is 11.1. The molecule has 0 unspecified atom stereocenters. The molecule has 3 aromatic rings. The number of nitrogens with one attached hydrogen (secondary N) is 2. The molecule has 2 N–H and O–H groups in total. The van der Waals surface area contributed by atoms with Crippen LogP contribution < -0.4 is 15.5 Å². The van der Waals surface area contributed by atoms with Crippen LogP contribution in [0.5, 0.6) is 0 Å². The summed E-state index contributed by atoms with van der Waals surface area (Å²) in [5.74, 6) is 0.659. The predicted octanol–water partition coefficient (Wildman–Crippen LogP) is 4.05. The number of rotatable bonds is 5. The van der Waals surface area contributed by atoms with Crippen LogP contribution in [0.2, 0.25) is 0 Å². The second-order valence-electron chi connectivity index (χ2n) is 7.62. The van der Waals surface area contributed by atoms with E-state index in [-0.39, 0.29) is 6.15 Å². The van der Waals surface area contributed by atoms with Gasteiger partial charge in [0.1, 0.15) is 11.6 Å². The van der Waals surface area contributed by atoms with Gasteiger partial charge in [-0.05, 0) is 43.7 Å². The van der Waals surface area contributed by atoms with Crippen molar-refractivity contribution in [3.8, 4) is 11.4 Å². The zero-order chi connectivity index (χ0) is 25.2. The van der Waals surface area contributed by atoms with Crippen LogP contribution in [0.15, 0.2) is 48.5 Å². The molecule has 1 aliphatic rings. The van der Waals surface area contributed by atoms with Crippen molar-refractivity contribution in [2.75, 3.05) is 41.8 Å². The average Bonchev–Trinajstić information content (AvgIpc) is 2.86. The highest BCUT2D eigenvalue weighted by Crippen LogP contribution is 2.28. The summed E-state index contributed by atoms with van der Waals surface area (Å²) in [4.78, 5) is 39.9. The molecule has 0 saturated carbocycles. The number of anilines is 3. The Morgan fingerprint density at radius 3 is 2.34 bits per heavy atom. The van der Waals surface area contributed by atoms with Gasteiger partial charge in [-0.15, -0.1) is 0 Å². The van der Waals surface area contributed by atoms with Gasteiger partial charge in [0.2, 0.25) is 0 Å². The summed E-state index contributed by atoms with van der Waals surface area (Å²) in [6.07, 6.45) is 0.972. The SMILES string of the molecule is CCc1nc(-c2ccc(NC(=O)Nc3ccccc3)cc2F)nc(N2CCOCC2)c1C.O=C=O. The Balaban J connectivity index is 0.00000108. The Morgan fingerprint density at radius 1 is 1.06 bits per heavy atom. The molecule has 0 spiro atoms. The Morgan fingerprint density at radius 2 is 1.71 bits per heavy atom. The lowest BCUT2D eigenvalue weighted by molar-refractivity contribution is -0.191. The first kappa shape index (κ1) is 25.5. The van der Waals surface area contributed by atoms with Crippen molar-refractivity contribution in [1.82, 2.24) is 9.97 Å². The third-order valence-electron chi connectivity index (χ3n) is 5.37. The highest BCUT2D eigenvalue weighted by atomic mass is 19.1. The molecule has 1 saturated heterocycles. The molecule has 0 radical (unpaired) electrons. The largest absolute Gasteiger partial charge is 0.378 e. The van der Waals surface area contributed by atoms with Crippen molar-refractivity contribution in [2.24, 2.45) is 0 Å². The number of halogens is 1. The van der Waals surface area contributed by atoms with E-state index in [9.17, 15) is 4.79 Å². The Hall–Kier alpha value is -4.14. The van der Waals surface area contributed by atoms with E-state index in [1.807, 2.05) is 32.0 Å². The van der Waals surface area contributed by atoms with Gasteiger partial charge < -0.3 is 20.3 Å². The van der Waals surface area contributed by atoms with E-state index in [1.54, 1.807) is 24.3 Å². The fourth-order valence-electron chi connectivity index (χ4n) is 3.69. The minimum atomic E-state index is -0.499. The van der Waals surface area contributed by atoms with Gasteiger partial charge in [0, 0.05) is 35.7 Å². The van der Waals surface area contributed by atoms with Crippen molar-refractivity contribution in [2.45, 2.75) is 20.3 Å². The summed E-state index contributed by atoms with van der Waals surface area (Å²) >= 11 is 0. The zero-order valence-electron chi connectivity index (χ0n) is 19.5. The predicted molar refractivity (Wildman–Crippen MR) is 129 cm³/mol. The van der Waals surface area contributed by atoms with Crippen LogP contribution in [0.25, 0.3) is 11.4 Å². The van der Waals surface area contributed by atoms with Gasteiger partial charge in [-0.2, -0.15) is 9.59 Å². The standard InChI is InChI=1S/C24H26FN5O2.CO2/c1-3-21-16(2)23(30-11-13-32-14-12-30)29-22(28-21)19-10-9-18(15-20(19)25)27-24(31)26-17-7-5-4-6-8-17;2-1-3/h4-10,15H,3,11-14H2,1-2H3,(H2,26,27,31);. The number of hydrogen-bond acceptors (Lipinski definition) is 7. The summed E-state index contributed by atoms with van der Waals surface area (Å²) < 4.78 is 20.5. The number of para-hydroxylation sites is 1. The van der Waals surface area contributed by atoms with Crippen molar-refractivity contribution in [3.63, 3.8) is 0 Å². The van der Waals surface area contributed by atoms with Gasteiger partial charge in [0.15, 0.2) is 5.82 Å². The molecule has 182 valence electrons. The molecule has 1 aliphatic heterocycles. The summed E-state index contributed by atoms with van der Waals surface area (Å²) in [6, 6.07) is 13.1. The molecule has 2 aromatic carbocycles. The number of ether oxygens (including phenoxy) is 1. The van der Waals surface area contributed by atoms with Gasteiger partial charge >= 0.3 is 12.2 Å². The number of aryl methyl sites for hydroxylation is 1. The van der Waals surface area contributed by atoms with Gasteiger partial charge in [0.25, 0.3) is 0 Å². The maximum atomic E-state index is 15.0. The van der Waals surface area contributed by atoms with Crippen LogP contribution in [0.4, 0.5) is 26.4 Å². The molecule has 0 atom stereocenters. The van der Waals surface area contributed by atoms with E-state index >= 15 is 4.39 Å². The highest BCUT2D eigenvalue weighted by molar-refractivity contribution is 5.99.